The number of aryl methyl sites for hydroxylation is 1. The van der Waals surface area contributed by atoms with Crippen molar-refractivity contribution < 1.29 is 19.1 Å². The zero-order valence-corrected chi connectivity index (χ0v) is 17.9. The van der Waals surface area contributed by atoms with Gasteiger partial charge in [-0.2, -0.15) is 0 Å². The summed E-state index contributed by atoms with van der Waals surface area (Å²) in [5.41, 5.74) is 3.09. The van der Waals surface area contributed by atoms with Gasteiger partial charge in [-0.25, -0.2) is 0 Å². The number of carbonyl (C=O) groups excluding carboxylic acids is 2. The van der Waals surface area contributed by atoms with Crippen LogP contribution in [0, 0.1) is 5.92 Å². The summed E-state index contributed by atoms with van der Waals surface area (Å²) >= 11 is 0. The Labute approximate surface area is 186 Å². The first-order valence-corrected chi connectivity index (χ1v) is 11.2. The highest BCUT2D eigenvalue weighted by Crippen LogP contribution is 2.34. The Morgan fingerprint density at radius 1 is 1.06 bits per heavy atom. The number of rotatable bonds is 6. The van der Waals surface area contributed by atoms with Crippen molar-refractivity contribution in [2.45, 2.75) is 32.1 Å². The van der Waals surface area contributed by atoms with E-state index in [0.717, 1.165) is 18.4 Å². The van der Waals surface area contributed by atoms with E-state index in [4.69, 9.17) is 9.47 Å². The largest absolute Gasteiger partial charge is 0.454 e. The smallest absolute Gasteiger partial charge is 0.231 e. The van der Waals surface area contributed by atoms with E-state index in [-0.39, 0.29) is 24.5 Å². The van der Waals surface area contributed by atoms with Gasteiger partial charge in [0.25, 0.3) is 0 Å². The highest BCUT2D eigenvalue weighted by molar-refractivity contribution is 5.93. The highest BCUT2D eigenvalue weighted by atomic mass is 16.7. The molecular formula is C25H27N3O4. The Bertz CT molecular complexity index is 1130. The average Bonchev–Trinajstić information content (AvgIpc) is 3.46. The van der Waals surface area contributed by atoms with Gasteiger partial charge < -0.3 is 24.7 Å². The summed E-state index contributed by atoms with van der Waals surface area (Å²) in [6.07, 6.45) is 5.65. The molecule has 3 aromatic rings. The second kappa shape index (κ2) is 8.94. The fourth-order valence-corrected chi connectivity index (χ4v) is 4.54. The van der Waals surface area contributed by atoms with Crippen molar-refractivity contribution in [3.63, 3.8) is 0 Å². The molecule has 0 saturated carbocycles. The number of anilines is 1. The van der Waals surface area contributed by atoms with Crippen LogP contribution in [0.3, 0.4) is 0 Å². The first kappa shape index (κ1) is 20.4. The minimum Gasteiger partial charge on any atom is -0.454 e. The Hall–Kier alpha value is -3.48. The zero-order chi connectivity index (χ0) is 21.9. The summed E-state index contributed by atoms with van der Waals surface area (Å²) in [7, 11) is 0. The molecule has 1 fully saturated rings. The fourth-order valence-electron chi connectivity index (χ4n) is 4.54. The van der Waals surface area contributed by atoms with E-state index in [1.165, 1.54) is 10.9 Å². The molecule has 1 aromatic heterocycles. The van der Waals surface area contributed by atoms with Crippen molar-refractivity contribution in [3.8, 4) is 11.5 Å². The number of aromatic nitrogens is 1. The molecule has 32 heavy (non-hydrogen) atoms. The molecule has 0 spiro atoms. The van der Waals surface area contributed by atoms with Gasteiger partial charge in [-0.1, -0.05) is 18.2 Å². The lowest BCUT2D eigenvalue weighted by Gasteiger charge is -2.31. The molecule has 7 heteroatoms. The first-order chi connectivity index (χ1) is 15.7. The lowest BCUT2D eigenvalue weighted by molar-refractivity contribution is -0.134. The molecule has 166 valence electrons. The third kappa shape index (κ3) is 4.28. The van der Waals surface area contributed by atoms with Crippen LogP contribution in [0.15, 0.2) is 48.7 Å². The quantitative estimate of drug-likeness (QED) is 0.613. The summed E-state index contributed by atoms with van der Waals surface area (Å²) in [6.45, 7) is 1.47. The average molecular weight is 434 g/mol. The van der Waals surface area contributed by atoms with Gasteiger partial charge in [0.05, 0.1) is 0 Å². The number of likely N-dealkylation sites (tertiary alicyclic amines) is 1. The Morgan fingerprint density at radius 3 is 2.75 bits per heavy atom. The van der Waals surface area contributed by atoms with Gasteiger partial charge in [-0.15, -0.1) is 0 Å². The monoisotopic (exact) mass is 433 g/mol. The van der Waals surface area contributed by atoms with Crippen molar-refractivity contribution in [3.05, 3.63) is 54.2 Å². The lowest BCUT2D eigenvalue weighted by Crippen LogP contribution is -2.41. The van der Waals surface area contributed by atoms with Gasteiger partial charge in [0.15, 0.2) is 11.5 Å². The summed E-state index contributed by atoms with van der Waals surface area (Å²) in [6, 6.07) is 13.6. The van der Waals surface area contributed by atoms with Gasteiger partial charge >= 0.3 is 0 Å². The third-order valence-electron chi connectivity index (χ3n) is 6.37. The predicted octanol–water partition coefficient (Wildman–Crippen LogP) is 4.10. The summed E-state index contributed by atoms with van der Waals surface area (Å²) in [5, 5.41) is 4.20. The van der Waals surface area contributed by atoms with Crippen LogP contribution in [-0.2, 0) is 16.0 Å². The highest BCUT2D eigenvalue weighted by Gasteiger charge is 2.27. The van der Waals surface area contributed by atoms with Gasteiger partial charge in [0.1, 0.15) is 0 Å². The maximum atomic E-state index is 12.7. The molecule has 0 unspecified atom stereocenters. The number of hydrogen-bond acceptors (Lipinski definition) is 4. The number of ether oxygens (including phenoxy) is 2. The number of H-pyrrole nitrogens is 1. The van der Waals surface area contributed by atoms with Gasteiger partial charge in [-0.3, -0.25) is 9.59 Å². The number of aromatic amines is 1. The molecule has 5 rings (SSSR count). The minimum atomic E-state index is -0.0873. The number of para-hydroxylation sites is 1. The molecule has 0 bridgehead atoms. The number of benzene rings is 2. The van der Waals surface area contributed by atoms with Crippen molar-refractivity contribution in [1.82, 2.24) is 9.88 Å². The molecular weight excluding hydrogens is 406 g/mol. The third-order valence-corrected chi connectivity index (χ3v) is 6.37. The number of amides is 2. The molecule has 0 aliphatic carbocycles. The van der Waals surface area contributed by atoms with E-state index >= 15 is 0 Å². The maximum Gasteiger partial charge on any atom is 0.231 e. The number of nitrogens with one attached hydrogen (secondary N) is 2. The molecule has 0 atom stereocenters. The van der Waals surface area contributed by atoms with Gasteiger partial charge in [-0.05, 0) is 49.4 Å². The number of hydrogen-bond donors (Lipinski definition) is 2. The van der Waals surface area contributed by atoms with Crippen molar-refractivity contribution >= 4 is 28.4 Å². The van der Waals surface area contributed by atoms with Gasteiger partial charge in [0.2, 0.25) is 18.6 Å². The number of nitrogens with zero attached hydrogens (tertiary/aromatic N) is 1. The van der Waals surface area contributed by atoms with E-state index in [0.29, 0.717) is 49.5 Å². The van der Waals surface area contributed by atoms with Crippen molar-refractivity contribution in [2.24, 2.45) is 5.92 Å². The molecule has 2 aromatic carbocycles. The van der Waals surface area contributed by atoms with E-state index in [2.05, 4.69) is 22.4 Å². The topological polar surface area (TPSA) is 83.7 Å². The molecule has 2 amide bonds. The maximum absolute atomic E-state index is 12.7. The molecule has 3 heterocycles. The molecule has 1 saturated heterocycles. The van der Waals surface area contributed by atoms with E-state index < -0.39 is 0 Å². The van der Waals surface area contributed by atoms with E-state index in [1.807, 2.05) is 29.3 Å². The number of piperidine rings is 1. The Morgan fingerprint density at radius 2 is 1.88 bits per heavy atom. The summed E-state index contributed by atoms with van der Waals surface area (Å²) in [5.74, 6) is 1.43. The fraction of sp³-hybridized carbons (Fsp3) is 0.360. The molecule has 2 N–H and O–H groups in total. The lowest BCUT2D eigenvalue weighted by atomic mass is 9.95. The van der Waals surface area contributed by atoms with Crippen molar-refractivity contribution in [1.29, 1.82) is 0 Å². The Kier molecular flexibility index (Phi) is 5.71. The second-order valence-corrected chi connectivity index (χ2v) is 8.43. The Balaban J connectivity index is 1.07. The van der Waals surface area contributed by atoms with Gasteiger partial charge in [0, 0.05) is 54.3 Å². The SMILES string of the molecule is O=C(Nc1ccc2c(c1)OCO2)C1CCN(C(=O)CCCc2c[nH]c3ccccc23)CC1. The molecule has 2 aliphatic heterocycles. The molecule has 2 aliphatic rings. The minimum absolute atomic E-state index is 0.00435. The van der Waals surface area contributed by atoms with Crippen LogP contribution < -0.4 is 14.8 Å². The summed E-state index contributed by atoms with van der Waals surface area (Å²) < 4.78 is 10.7. The van der Waals surface area contributed by atoms with Crippen LogP contribution in [0.4, 0.5) is 5.69 Å². The second-order valence-electron chi connectivity index (χ2n) is 8.43. The summed E-state index contributed by atoms with van der Waals surface area (Å²) in [4.78, 5) is 30.5. The molecule has 0 radical (unpaired) electrons. The molecule has 7 nitrogen and oxygen atoms in total. The zero-order valence-electron chi connectivity index (χ0n) is 17.9. The number of carbonyl (C=O) groups is 2. The van der Waals surface area contributed by atoms with Crippen LogP contribution in [0.25, 0.3) is 10.9 Å². The number of fused-ring (bicyclic) bond motifs is 2. The standard InChI is InChI=1S/C25H27N3O4/c29-24(7-3-4-18-15-26-21-6-2-1-5-20(18)21)28-12-10-17(11-13-28)25(30)27-19-8-9-22-23(14-19)32-16-31-22/h1-2,5-6,8-9,14-15,17,26H,3-4,7,10-13,16H2,(H,27,30). The van der Waals surface area contributed by atoms with Crippen LogP contribution in [0.1, 0.15) is 31.2 Å². The normalized spacial score (nSPS) is 15.8. The first-order valence-electron chi connectivity index (χ1n) is 11.2. The van der Waals surface area contributed by atoms with E-state index in [9.17, 15) is 9.59 Å². The van der Waals surface area contributed by atoms with Crippen LogP contribution in [-0.4, -0.2) is 41.6 Å². The van der Waals surface area contributed by atoms with Crippen LogP contribution in [0.2, 0.25) is 0 Å². The van der Waals surface area contributed by atoms with Crippen LogP contribution in [0.5, 0.6) is 11.5 Å². The van der Waals surface area contributed by atoms with Crippen LogP contribution >= 0.6 is 0 Å². The van der Waals surface area contributed by atoms with E-state index in [1.54, 1.807) is 12.1 Å². The predicted molar refractivity (Wildman–Crippen MR) is 122 cm³/mol. The van der Waals surface area contributed by atoms with Crippen molar-refractivity contribution in [2.75, 3.05) is 25.2 Å².